The Morgan fingerprint density at radius 1 is 1.15 bits per heavy atom. The summed E-state index contributed by atoms with van der Waals surface area (Å²) in [6.07, 6.45) is 5.12. The SMILES string of the molecule is CCCCCCNCc1cc(Cl)cc(Cl)c1OC(C)C. The van der Waals surface area contributed by atoms with E-state index in [4.69, 9.17) is 27.9 Å². The first kappa shape index (κ1) is 17.6. The first-order valence-corrected chi connectivity index (χ1v) is 8.15. The van der Waals surface area contributed by atoms with Crippen LogP contribution in [0.3, 0.4) is 0 Å². The molecule has 114 valence electrons. The van der Waals surface area contributed by atoms with E-state index < -0.39 is 0 Å². The molecular weight excluding hydrogens is 293 g/mol. The van der Waals surface area contributed by atoms with Crippen molar-refractivity contribution in [1.82, 2.24) is 5.32 Å². The van der Waals surface area contributed by atoms with Gasteiger partial charge in [-0.05, 0) is 38.9 Å². The van der Waals surface area contributed by atoms with Gasteiger partial charge in [0, 0.05) is 17.1 Å². The molecule has 0 radical (unpaired) electrons. The zero-order valence-electron chi connectivity index (χ0n) is 12.6. The predicted octanol–water partition coefficient (Wildman–Crippen LogP) is 5.45. The lowest BCUT2D eigenvalue weighted by Crippen LogP contribution is -2.16. The van der Waals surface area contributed by atoms with E-state index in [-0.39, 0.29) is 6.10 Å². The summed E-state index contributed by atoms with van der Waals surface area (Å²) in [5.74, 6) is 0.743. The van der Waals surface area contributed by atoms with E-state index in [9.17, 15) is 0 Å². The standard InChI is InChI=1S/C16H25Cl2NO/c1-4-5-6-7-8-19-11-13-9-14(17)10-15(18)16(13)20-12(2)3/h9-10,12,19H,4-8,11H2,1-3H3. The maximum absolute atomic E-state index is 6.22. The van der Waals surface area contributed by atoms with Gasteiger partial charge in [0.1, 0.15) is 5.75 Å². The lowest BCUT2D eigenvalue weighted by Gasteiger charge is -2.17. The minimum Gasteiger partial charge on any atom is -0.489 e. The number of benzene rings is 1. The molecule has 0 fully saturated rings. The van der Waals surface area contributed by atoms with Crippen LogP contribution in [-0.2, 0) is 6.54 Å². The Hall–Kier alpha value is -0.440. The van der Waals surface area contributed by atoms with Gasteiger partial charge in [-0.2, -0.15) is 0 Å². The zero-order chi connectivity index (χ0) is 15.0. The van der Waals surface area contributed by atoms with Gasteiger partial charge in [-0.25, -0.2) is 0 Å². The Labute approximate surface area is 132 Å². The van der Waals surface area contributed by atoms with E-state index >= 15 is 0 Å². The maximum atomic E-state index is 6.22. The molecule has 0 aliphatic rings. The lowest BCUT2D eigenvalue weighted by molar-refractivity contribution is 0.239. The molecule has 0 atom stereocenters. The maximum Gasteiger partial charge on any atom is 0.142 e. The van der Waals surface area contributed by atoms with Gasteiger partial charge in [-0.15, -0.1) is 0 Å². The quantitative estimate of drug-likeness (QED) is 0.611. The van der Waals surface area contributed by atoms with Crippen LogP contribution < -0.4 is 10.1 Å². The molecular formula is C16H25Cl2NO. The molecule has 0 bridgehead atoms. The first-order chi connectivity index (χ1) is 9.54. The van der Waals surface area contributed by atoms with Gasteiger partial charge in [0.2, 0.25) is 0 Å². The number of hydrogen-bond acceptors (Lipinski definition) is 2. The third-order valence-electron chi connectivity index (χ3n) is 2.96. The van der Waals surface area contributed by atoms with E-state index in [1.807, 2.05) is 19.9 Å². The highest BCUT2D eigenvalue weighted by Crippen LogP contribution is 2.33. The fourth-order valence-electron chi connectivity index (χ4n) is 2.01. The summed E-state index contributed by atoms with van der Waals surface area (Å²) >= 11 is 12.3. The Balaban J connectivity index is 2.58. The Morgan fingerprint density at radius 3 is 2.55 bits per heavy atom. The largest absolute Gasteiger partial charge is 0.489 e. The number of ether oxygens (including phenoxy) is 1. The molecule has 1 aromatic rings. The highest BCUT2D eigenvalue weighted by Gasteiger charge is 2.12. The van der Waals surface area contributed by atoms with Crippen LogP contribution in [0, 0.1) is 0 Å². The van der Waals surface area contributed by atoms with Gasteiger partial charge >= 0.3 is 0 Å². The molecule has 0 aliphatic heterocycles. The van der Waals surface area contributed by atoms with Crippen molar-refractivity contribution in [3.63, 3.8) is 0 Å². The van der Waals surface area contributed by atoms with Gasteiger partial charge in [-0.1, -0.05) is 49.4 Å². The summed E-state index contributed by atoms with van der Waals surface area (Å²) in [4.78, 5) is 0. The van der Waals surface area contributed by atoms with E-state index in [0.29, 0.717) is 10.0 Å². The van der Waals surface area contributed by atoms with E-state index in [2.05, 4.69) is 12.2 Å². The lowest BCUT2D eigenvalue weighted by atomic mass is 10.1. The fraction of sp³-hybridized carbons (Fsp3) is 0.625. The number of rotatable bonds is 9. The zero-order valence-corrected chi connectivity index (χ0v) is 14.2. The molecule has 1 rings (SSSR count). The molecule has 0 saturated carbocycles. The second-order valence-corrected chi connectivity index (χ2v) is 6.12. The van der Waals surface area contributed by atoms with Crippen LogP contribution in [0.15, 0.2) is 12.1 Å². The van der Waals surface area contributed by atoms with Crippen molar-refractivity contribution < 1.29 is 4.74 Å². The Kier molecular flexibility index (Phi) is 8.35. The minimum atomic E-state index is 0.0944. The first-order valence-electron chi connectivity index (χ1n) is 7.39. The van der Waals surface area contributed by atoms with Crippen LogP contribution in [0.25, 0.3) is 0 Å². The van der Waals surface area contributed by atoms with Crippen LogP contribution >= 0.6 is 23.2 Å². The van der Waals surface area contributed by atoms with Crippen LogP contribution in [-0.4, -0.2) is 12.6 Å². The summed E-state index contributed by atoms with van der Waals surface area (Å²) in [6, 6.07) is 3.65. The molecule has 2 nitrogen and oxygen atoms in total. The Morgan fingerprint density at radius 2 is 1.90 bits per heavy atom. The minimum absolute atomic E-state index is 0.0944. The second kappa shape index (κ2) is 9.49. The summed E-state index contributed by atoms with van der Waals surface area (Å²) in [6.45, 7) is 7.94. The van der Waals surface area contributed by atoms with Crippen molar-refractivity contribution in [3.05, 3.63) is 27.7 Å². The van der Waals surface area contributed by atoms with Crippen LogP contribution in [0.4, 0.5) is 0 Å². The molecule has 0 heterocycles. The molecule has 0 unspecified atom stereocenters. The fourth-order valence-corrected chi connectivity index (χ4v) is 2.59. The molecule has 0 spiro atoms. The van der Waals surface area contributed by atoms with E-state index in [1.54, 1.807) is 6.07 Å². The number of nitrogens with one attached hydrogen (secondary N) is 1. The molecule has 0 aliphatic carbocycles. The molecule has 4 heteroatoms. The average Bonchev–Trinajstić information content (AvgIpc) is 2.37. The number of unbranched alkanes of at least 4 members (excludes halogenated alkanes) is 3. The van der Waals surface area contributed by atoms with Crippen molar-refractivity contribution in [3.8, 4) is 5.75 Å². The van der Waals surface area contributed by atoms with Crippen LogP contribution in [0.2, 0.25) is 10.0 Å². The molecule has 20 heavy (non-hydrogen) atoms. The van der Waals surface area contributed by atoms with E-state index in [0.717, 1.165) is 24.4 Å². The van der Waals surface area contributed by atoms with Crippen molar-refractivity contribution in [2.45, 2.75) is 59.1 Å². The number of hydrogen-bond donors (Lipinski definition) is 1. The molecule has 1 aromatic carbocycles. The molecule has 1 N–H and O–H groups in total. The van der Waals surface area contributed by atoms with Gasteiger partial charge < -0.3 is 10.1 Å². The number of halogens is 2. The van der Waals surface area contributed by atoms with Crippen LogP contribution in [0.1, 0.15) is 52.0 Å². The predicted molar refractivity (Wildman–Crippen MR) is 88.1 cm³/mol. The third-order valence-corrected chi connectivity index (χ3v) is 3.46. The smallest absolute Gasteiger partial charge is 0.142 e. The van der Waals surface area contributed by atoms with Crippen LogP contribution in [0.5, 0.6) is 5.75 Å². The van der Waals surface area contributed by atoms with Crippen molar-refractivity contribution >= 4 is 23.2 Å². The molecule has 0 saturated heterocycles. The topological polar surface area (TPSA) is 21.3 Å². The molecule has 0 amide bonds. The highest BCUT2D eigenvalue weighted by molar-refractivity contribution is 6.35. The van der Waals surface area contributed by atoms with Gasteiger partial charge in [0.15, 0.2) is 0 Å². The van der Waals surface area contributed by atoms with Crippen molar-refractivity contribution in [2.24, 2.45) is 0 Å². The Bertz CT molecular complexity index is 408. The summed E-state index contributed by atoms with van der Waals surface area (Å²) in [5, 5.41) is 4.66. The van der Waals surface area contributed by atoms with Crippen molar-refractivity contribution in [1.29, 1.82) is 0 Å². The summed E-state index contributed by atoms with van der Waals surface area (Å²) in [7, 11) is 0. The van der Waals surface area contributed by atoms with Gasteiger partial charge in [0.05, 0.1) is 11.1 Å². The average molecular weight is 318 g/mol. The molecule has 0 aromatic heterocycles. The second-order valence-electron chi connectivity index (χ2n) is 5.28. The van der Waals surface area contributed by atoms with E-state index in [1.165, 1.54) is 25.7 Å². The summed E-state index contributed by atoms with van der Waals surface area (Å²) in [5.41, 5.74) is 1.02. The van der Waals surface area contributed by atoms with Crippen molar-refractivity contribution in [2.75, 3.05) is 6.54 Å². The normalized spacial score (nSPS) is 11.1. The summed E-state index contributed by atoms with van der Waals surface area (Å²) < 4.78 is 5.80. The van der Waals surface area contributed by atoms with Gasteiger partial charge in [0.25, 0.3) is 0 Å². The monoisotopic (exact) mass is 317 g/mol. The third kappa shape index (κ3) is 6.34. The van der Waals surface area contributed by atoms with Gasteiger partial charge in [-0.3, -0.25) is 0 Å². The highest BCUT2D eigenvalue weighted by atomic mass is 35.5.